The van der Waals surface area contributed by atoms with Crippen LogP contribution in [0.4, 0.5) is 0 Å². The second kappa shape index (κ2) is 11.7. The minimum atomic E-state index is 0. The molecule has 0 saturated heterocycles. The van der Waals surface area contributed by atoms with Crippen LogP contribution in [0.1, 0.15) is 20.9 Å². The normalized spacial score (nSPS) is 10.9. The van der Waals surface area contributed by atoms with Crippen molar-refractivity contribution in [3.63, 3.8) is 0 Å². The lowest BCUT2D eigenvalue weighted by Gasteiger charge is -2.12. The van der Waals surface area contributed by atoms with Gasteiger partial charge in [-0.05, 0) is 36.2 Å². The molecule has 0 aliphatic heterocycles. The maximum Gasteiger partial charge on any atom is 0.213 e. The van der Waals surface area contributed by atoms with Gasteiger partial charge in [0.25, 0.3) is 0 Å². The SMILES string of the molecule is CN=C(NCc1ccnc(OCc2ccccc2)c1)NCc1ccc(C)s1.I. The number of aryl methyl sites for hydroxylation is 1. The summed E-state index contributed by atoms with van der Waals surface area (Å²) in [6, 6.07) is 18.3. The number of thiophene rings is 1. The first-order chi connectivity index (χ1) is 13.2. The molecule has 0 aliphatic carbocycles. The molecule has 3 aromatic rings. The van der Waals surface area contributed by atoms with Gasteiger partial charge in [-0.25, -0.2) is 4.98 Å². The van der Waals surface area contributed by atoms with E-state index in [0.29, 0.717) is 19.0 Å². The van der Waals surface area contributed by atoms with Crippen LogP contribution in [0.3, 0.4) is 0 Å². The number of pyridine rings is 1. The summed E-state index contributed by atoms with van der Waals surface area (Å²) in [5.41, 5.74) is 2.21. The molecule has 0 atom stereocenters. The molecule has 0 bridgehead atoms. The largest absolute Gasteiger partial charge is 0.473 e. The number of halogens is 1. The average Bonchev–Trinajstić information content (AvgIpc) is 3.13. The number of ether oxygens (including phenoxy) is 1. The van der Waals surface area contributed by atoms with Crippen molar-refractivity contribution in [2.45, 2.75) is 26.6 Å². The maximum atomic E-state index is 5.79. The van der Waals surface area contributed by atoms with E-state index in [1.807, 2.05) is 42.5 Å². The molecule has 3 rings (SSSR count). The Hall–Kier alpha value is -2.13. The quantitative estimate of drug-likeness (QED) is 0.280. The summed E-state index contributed by atoms with van der Waals surface area (Å²) >= 11 is 1.79. The van der Waals surface area contributed by atoms with Crippen LogP contribution in [0.5, 0.6) is 5.88 Å². The summed E-state index contributed by atoms with van der Waals surface area (Å²) < 4.78 is 5.79. The Morgan fingerprint density at radius 2 is 1.82 bits per heavy atom. The Balaban J connectivity index is 0.00000280. The fourth-order valence-electron chi connectivity index (χ4n) is 2.53. The Bertz CT molecular complexity index is 883. The number of rotatable bonds is 7. The van der Waals surface area contributed by atoms with Crippen LogP contribution >= 0.6 is 35.3 Å². The first-order valence-corrected chi connectivity index (χ1v) is 9.66. The second-order valence-electron chi connectivity index (χ2n) is 6.07. The molecule has 0 fully saturated rings. The van der Waals surface area contributed by atoms with Gasteiger partial charge >= 0.3 is 0 Å². The number of aromatic nitrogens is 1. The molecule has 2 aromatic heterocycles. The molecule has 0 unspecified atom stereocenters. The van der Waals surface area contributed by atoms with E-state index in [0.717, 1.165) is 23.6 Å². The van der Waals surface area contributed by atoms with E-state index in [-0.39, 0.29) is 24.0 Å². The molecule has 7 heteroatoms. The van der Waals surface area contributed by atoms with Crippen molar-refractivity contribution in [2.75, 3.05) is 7.05 Å². The van der Waals surface area contributed by atoms with Crippen molar-refractivity contribution in [1.29, 1.82) is 0 Å². The zero-order chi connectivity index (χ0) is 18.9. The Morgan fingerprint density at radius 1 is 1.04 bits per heavy atom. The van der Waals surface area contributed by atoms with Gasteiger partial charge in [0.05, 0.1) is 6.54 Å². The summed E-state index contributed by atoms with van der Waals surface area (Å²) in [4.78, 5) is 11.2. The van der Waals surface area contributed by atoms with E-state index in [2.05, 4.69) is 39.7 Å². The van der Waals surface area contributed by atoms with Crippen LogP contribution < -0.4 is 15.4 Å². The summed E-state index contributed by atoms with van der Waals surface area (Å²) in [5, 5.41) is 6.66. The lowest BCUT2D eigenvalue weighted by atomic mass is 10.2. The lowest BCUT2D eigenvalue weighted by Crippen LogP contribution is -2.36. The molecule has 0 radical (unpaired) electrons. The molecular weight excluding hydrogens is 483 g/mol. The van der Waals surface area contributed by atoms with Gasteiger partial charge in [0.15, 0.2) is 5.96 Å². The number of hydrogen-bond donors (Lipinski definition) is 2. The molecule has 148 valence electrons. The summed E-state index contributed by atoms with van der Waals surface area (Å²) in [7, 11) is 1.77. The fraction of sp³-hybridized carbons (Fsp3) is 0.238. The maximum absolute atomic E-state index is 5.79. The average molecular weight is 508 g/mol. The number of nitrogens with one attached hydrogen (secondary N) is 2. The predicted octanol–water partition coefficient (Wildman–Crippen LogP) is 4.51. The minimum absolute atomic E-state index is 0. The van der Waals surface area contributed by atoms with Gasteiger partial charge in [-0.3, -0.25) is 4.99 Å². The van der Waals surface area contributed by atoms with Crippen molar-refractivity contribution in [1.82, 2.24) is 15.6 Å². The Kier molecular flexibility index (Phi) is 9.22. The number of nitrogens with zero attached hydrogens (tertiary/aromatic N) is 2. The molecule has 5 nitrogen and oxygen atoms in total. The standard InChI is InChI=1S/C21H24N4OS.HI/c1-16-8-9-19(27-16)14-25-21(22-2)24-13-18-10-11-23-20(12-18)26-15-17-6-4-3-5-7-17;/h3-12H,13-15H2,1-2H3,(H2,22,24,25);1H. The van der Waals surface area contributed by atoms with Crippen molar-refractivity contribution in [2.24, 2.45) is 4.99 Å². The number of hydrogen-bond acceptors (Lipinski definition) is 4. The van der Waals surface area contributed by atoms with E-state index in [9.17, 15) is 0 Å². The third-order valence-corrected chi connectivity index (χ3v) is 4.94. The van der Waals surface area contributed by atoms with Crippen molar-refractivity contribution >= 4 is 41.3 Å². The topological polar surface area (TPSA) is 58.5 Å². The first kappa shape index (κ1) is 22.2. The highest BCUT2D eigenvalue weighted by molar-refractivity contribution is 14.0. The molecule has 0 amide bonds. The van der Waals surface area contributed by atoms with Crippen LogP contribution in [0.2, 0.25) is 0 Å². The van der Waals surface area contributed by atoms with Gasteiger partial charge in [0.1, 0.15) is 6.61 Å². The monoisotopic (exact) mass is 508 g/mol. The number of benzene rings is 1. The highest BCUT2D eigenvalue weighted by Crippen LogP contribution is 2.14. The zero-order valence-electron chi connectivity index (χ0n) is 16.0. The van der Waals surface area contributed by atoms with E-state index >= 15 is 0 Å². The van der Waals surface area contributed by atoms with Gasteiger partial charge in [0.2, 0.25) is 5.88 Å². The molecule has 0 saturated carbocycles. The van der Waals surface area contributed by atoms with Crippen molar-refractivity contribution in [3.8, 4) is 5.88 Å². The molecule has 2 heterocycles. The molecule has 0 aliphatic rings. The van der Waals surface area contributed by atoms with E-state index in [1.165, 1.54) is 9.75 Å². The summed E-state index contributed by atoms with van der Waals surface area (Å²) in [6.45, 7) is 4.03. The van der Waals surface area contributed by atoms with Gasteiger partial charge in [-0.15, -0.1) is 35.3 Å². The molecular formula is C21H25IN4OS. The van der Waals surface area contributed by atoms with Crippen LogP contribution in [0.25, 0.3) is 0 Å². The van der Waals surface area contributed by atoms with Gasteiger partial charge in [0, 0.05) is 35.6 Å². The van der Waals surface area contributed by atoms with Crippen LogP contribution in [-0.2, 0) is 19.7 Å². The highest BCUT2D eigenvalue weighted by Gasteiger charge is 2.03. The molecule has 1 aromatic carbocycles. The third kappa shape index (κ3) is 7.12. The Morgan fingerprint density at radius 3 is 2.54 bits per heavy atom. The third-order valence-electron chi connectivity index (χ3n) is 3.94. The molecule has 0 spiro atoms. The highest BCUT2D eigenvalue weighted by atomic mass is 127. The Labute approximate surface area is 187 Å². The van der Waals surface area contributed by atoms with E-state index in [4.69, 9.17) is 4.74 Å². The summed E-state index contributed by atoms with van der Waals surface area (Å²) in [5.74, 6) is 1.39. The summed E-state index contributed by atoms with van der Waals surface area (Å²) in [6.07, 6.45) is 1.77. The van der Waals surface area contributed by atoms with Crippen molar-refractivity contribution in [3.05, 3.63) is 81.7 Å². The van der Waals surface area contributed by atoms with E-state index < -0.39 is 0 Å². The second-order valence-corrected chi connectivity index (χ2v) is 7.44. The lowest BCUT2D eigenvalue weighted by molar-refractivity contribution is 0.293. The number of guanidine groups is 1. The van der Waals surface area contributed by atoms with Gasteiger partial charge < -0.3 is 15.4 Å². The smallest absolute Gasteiger partial charge is 0.213 e. The van der Waals surface area contributed by atoms with Crippen LogP contribution in [-0.4, -0.2) is 18.0 Å². The van der Waals surface area contributed by atoms with Gasteiger partial charge in [-0.2, -0.15) is 0 Å². The molecule has 28 heavy (non-hydrogen) atoms. The van der Waals surface area contributed by atoms with Crippen LogP contribution in [0, 0.1) is 6.92 Å². The first-order valence-electron chi connectivity index (χ1n) is 8.84. The van der Waals surface area contributed by atoms with Crippen LogP contribution in [0.15, 0.2) is 65.8 Å². The van der Waals surface area contributed by atoms with E-state index in [1.54, 1.807) is 24.6 Å². The van der Waals surface area contributed by atoms with Crippen molar-refractivity contribution < 1.29 is 4.74 Å². The number of aliphatic imine (C=N–C) groups is 1. The zero-order valence-corrected chi connectivity index (χ0v) is 19.2. The molecule has 2 N–H and O–H groups in total. The fourth-order valence-corrected chi connectivity index (χ4v) is 3.36. The van der Waals surface area contributed by atoms with Gasteiger partial charge in [-0.1, -0.05) is 30.3 Å². The predicted molar refractivity (Wildman–Crippen MR) is 127 cm³/mol. The minimum Gasteiger partial charge on any atom is -0.473 e.